The Morgan fingerprint density at radius 3 is 2.41 bits per heavy atom. The van der Waals surface area contributed by atoms with Gasteiger partial charge in [-0.15, -0.1) is 0 Å². The molecule has 0 heterocycles. The molecule has 1 atom stereocenters. The van der Waals surface area contributed by atoms with Gasteiger partial charge in [-0.25, -0.2) is 0 Å². The summed E-state index contributed by atoms with van der Waals surface area (Å²) in [5.41, 5.74) is 2.57. The molecule has 17 heavy (non-hydrogen) atoms. The lowest BCUT2D eigenvalue weighted by molar-refractivity contribution is 0.356. The minimum Gasteiger partial charge on any atom is -0.198 e. The second-order valence-corrected chi connectivity index (χ2v) is 5.30. The molecule has 1 aliphatic rings. The molecule has 1 aliphatic carbocycles. The van der Waals surface area contributed by atoms with Crippen LogP contribution in [0.5, 0.6) is 0 Å². The van der Waals surface area contributed by atoms with E-state index in [1.54, 1.807) is 0 Å². The highest BCUT2D eigenvalue weighted by Gasteiger charge is 2.13. The summed E-state index contributed by atoms with van der Waals surface area (Å²) in [6, 6.07) is 10.9. The van der Waals surface area contributed by atoms with Gasteiger partial charge < -0.3 is 0 Å². The topological polar surface area (TPSA) is 23.8 Å². The Morgan fingerprint density at radius 1 is 1.18 bits per heavy atom. The van der Waals surface area contributed by atoms with E-state index in [9.17, 15) is 0 Å². The molecule has 1 fully saturated rings. The highest BCUT2D eigenvalue weighted by molar-refractivity contribution is 5.28. The molecule has 0 N–H and O–H groups in total. The summed E-state index contributed by atoms with van der Waals surface area (Å²) < 4.78 is 0. The maximum atomic E-state index is 8.87. The highest BCUT2D eigenvalue weighted by atomic mass is 14.3. The van der Waals surface area contributed by atoms with Gasteiger partial charge >= 0.3 is 0 Å². The zero-order valence-electron chi connectivity index (χ0n) is 10.7. The second kappa shape index (κ2) is 5.87. The standard InChI is InChI=1S/C16H21N/c1-13(12-17)16-9-7-15(8-10-16)11-14-5-3-2-4-6-14/h7-10,13-14H,2-6,11H2,1H3. The van der Waals surface area contributed by atoms with Gasteiger partial charge in [0.05, 0.1) is 12.0 Å². The van der Waals surface area contributed by atoms with Gasteiger partial charge in [-0.3, -0.25) is 0 Å². The second-order valence-electron chi connectivity index (χ2n) is 5.30. The fourth-order valence-electron chi connectivity index (χ4n) is 2.74. The molecule has 0 amide bonds. The van der Waals surface area contributed by atoms with Gasteiger partial charge in [0.1, 0.15) is 0 Å². The Hall–Kier alpha value is -1.29. The molecule has 1 heteroatoms. The lowest BCUT2D eigenvalue weighted by Gasteiger charge is -2.21. The normalized spacial score (nSPS) is 18.6. The monoisotopic (exact) mass is 227 g/mol. The fourth-order valence-corrected chi connectivity index (χ4v) is 2.74. The van der Waals surface area contributed by atoms with Crippen LogP contribution in [0.3, 0.4) is 0 Å². The van der Waals surface area contributed by atoms with Crippen molar-refractivity contribution in [3.05, 3.63) is 35.4 Å². The van der Waals surface area contributed by atoms with Gasteiger partial charge in [-0.1, -0.05) is 56.4 Å². The predicted octanol–water partition coefficient (Wildman–Crippen LogP) is 4.44. The first-order valence-corrected chi connectivity index (χ1v) is 6.78. The van der Waals surface area contributed by atoms with E-state index in [-0.39, 0.29) is 5.92 Å². The van der Waals surface area contributed by atoms with Crippen molar-refractivity contribution in [3.63, 3.8) is 0 Å². The van der Waals surface area contributed by atoms with Crippen LogP contribution < -0.4 is 0 Å². The molecule has 1 nitrogen and oxygen atoms in total. The van der Waals surface area contributed by atoms with E-state index in [4.69, 9.17) is 5.26 Å². The van der Waals surface area contributed by atoms with Crippen molar-refractivity contribution >= 4 is 0 Å². The molecule has 0 aliphatic heterocycles. The maximum Gasteiger partial charge on any atom is 0.0700 e. The van der Waals surface area contributed by atoms with Crippen LogP contribution in [0.4, 0.5) is 0 Å². The molecular formula is C16H21N. The summed E-state index contributed by atoms with van der Waals surface area (Å²) in [4.78, 5) is 0. The molecule has 0 bridgehead atoms. The Bertz CT molecular complexity index is 379. The molecule has 1 aromatic rings. The smallest absolute Gasteiger partial charge is 0.0700 e. The third-order valence-corrected chi connectivity index (χ3v) is 3.92. The predicted molar refractivity (Wildman–Crippen MR) is 70.7 cm³/mol. The highest BCUT2D eigenvalue weighted by Crippen LogP contribution is 2.27. The molecule has 0 aromatic heterocycles. The van der Waals surface area contributed by atoms with Gasteiger partial charge in [-0.2, -0.15) is 5.26 Å². The lowest BCUT2D eigenvalue weighted by atomic mass is 9.84. The number of hydrogen-bond acceptors (Lipinski definition) is 1. The van der Waals surface area contributed by atoms with Crippen LogP contribution in [0.25, 0.3) is 0 Å². The zero-order valence-corrected chi connectivity index (χ0v) is 10.7. The minimum absolute atomic E-state index is 0.0127. The Balaban J connectivity index is 1.96. The molecule has 90 valence electrons. The number of benzene rings is 1. The molecule has 0 saturated heterocycles. The molecule has 1 saturated carbocycles. The van der Waals surface area contributed by atoms with Gasteiger partial charge in [0.25, 0.3) is 0 Å². The van der Waals surface area contributed by atoms with Gasteiger partial charge in [0.15, 0.2) is 0 Å². The summed E-state index contributed by atoms with van der Waals surface area (Å²) in [5, 5.41) is 8.87. The average molecular weight is 227 g/mol. The summed E-state index contributed by atoms with van der Waals surface area (Å²) in [6.45, 7) is 1.95. The summed E-state index contributed by atoms with van der Waals surface area (Å²) in [7, 11) is 0. The van der Waals surface area contributed by atoms with Crippen LogP contribution in [0.2, 0.25) is 0 Å². The molecular weight excluding hydrogens is 206 g/mol. The van der Waals surface area contributed by atoms with Crippen molar-refractivity contribution in [2.75, 3.05) is 0 Å². The average Bonchev–Trinajstić information content (AvgIpc) is 2.40. The van der Waals surface area contributed by atoms with Crippen molar-refractivity contribution < 1.29 is 0 Å². The van der Waals surface area contributed by atoms with E-state index in [2.05, 4.69) is 30.3 Å². The number of hydrogen-bond donors (Lipinski definition) is 0. The fraction of sp³-hybridized carbons (Fsp3) is 0.562. The quantitative estimate of drug-likeness (QED) is 0.749. The largest absolute Gasteiger partial charge is 0.198 e. The van der Waals surface area contributed by atoms with Crippen LogP contribution in [0.1, 0.15) is 56.1 Å². The van der Waals surface area contributed by atoms with Crippen LogP contribution in [0.15, 0.2) is 24.3 Å². The molecule has 1 aromatic carbocycles. The van der Waals surface area contributed by atoms with Crippen LogP contribution in [-0.2, 0) is 6.42 Å². The molecule has 0 radical (unpaired) electrons. The van der Waals surface area contributed by atoms with E-state index in [0.29, 0.717) is 0 Å². The van der Waals surface area contributed by atoms with E-state index in [1.807, 2.05) is 6.92 Å². The van der Waals surface area contributed by atoms with E-state index in [0.717, 1.165) is 11.5 Å². The van der Waals surface area contributed by atoms with Crippen LogP contribution in [-0.4, -0.2) is 0 Å². The molecule has 1 unspecified atom stereocenters. The van der Waals surface area contributed by atoms with Crippen molar-refractivity contribution in [3.8, 4) is 6.07 Å². The minimum atomic E-state index is 0.0127. The summed E-state index contributed by atoms with van der Waals surface area (Å²) in [6.07, 6.45) is 8.27. The SMILES string of the molecule is CC(C#N)c1ccc(CC2CCCCC2)cc1. The Labute approximate surface area is 104 Å². The Morgan fingerprint density at radius 2 is 1.82 bits per heavy atom. The number of nitrogens with zero attached hydrogens (tertiary/aromatic N) is 1. The van der Waals surface area contributed by atoms with E-state index >= 15 is 0 Å². The Kier molecular flexibility index (Phi) is 4.20. The molecule has 2 rings (SSSR count). The van der Waals surface area contributed by atoms with Gasteiger partial charge in [0, 0.05) is 0 Å². The summed E-state index contributed by atoms with van der Waals surface area (Å²) in [5.74, 6) is 0.904. The van der Waals surface area contributed by atoms with Crippen molar-refractivity contribution in [2.45, 2.75) is 51.4 Å². The summed E-state index contributed by atoms with van der Waals surface area (Å²) >= 11 is 0. The number of rotatable bonds is 3. The van der Waals surface area contributed by atoms with E-state index in [1.165, 1.54) is 44.1 Å². The lowest BCUT2D eigenvalue weighted by Crippen LogP contribution is -2.09. The maximum absolute atomic E-state index is 8.87. The van der Waals surface area contributed by atoms with Gasteiger partial charge in [0.2, 0.25) is 0 Å². The van der Waals surface area contributed by atoms with Crippen molar-refractivity contribution in [2.24, 2.45) is 5.92 Å². The van der Waals surface area contributed by atoms with Crippen LogP contribution >= 0.6 is 0 Å². The van der Waals surface area contributed by atoms with E-state index < -0.39 is 0 Å². The van der Waals surface area contributed by atoms with Crippen molar-refractivity contribution in [1.29, 1.82) is 5.26 Å². The van der Waals surface area contributed by atoms with Crippen molar-refractivity contribution in [1.82, 2.24) is 0 Å². The van der Waals surface area contributed by atoms with Gasteiger partial charge in [-0.05, 0) is 30.4 Å². The third kappa shape index (κ3) is 3.33. The first-order valence-electron chi connectivity index (χ1n) is 6.78. The number of nitriles is 1. The molecule has 0 spiro atoms. The first-order chi connectivity index (χ1) is 8.29. The first kappa shape index (κ1) is 12.2. The third-order valence-electron chi connectivity index (χ3n) is 3.92. The zero-order chi connectivity index (χ0) is 12.1. The van der Waals surface area contributed by atoms with Crippen LogP contribution in [0, 0.1) is 17.2 Å².